The van der Waals surface area contributed by atoms with Crippen LogP contribution in [0.1, 0.15) is 6.92 Å². The number of nitrogens with two attached hydrogens (primary N) is 1. The minimum atomic E-state index is -3.84. The molecule has 0 aliphatic rings. The van der Waals surface area contributed by atoms with Crippen molar-refractivity contribution in [3.8, 4) is 0 Å². The van der Waals surface area contributed by atoms with Crippen LogP contribution in [-0.2, 0) is 16.6 Å². The molecule has 0 saturated carbocycles. The van der Waals surface area contributed by atoms with Crippen molar-refractivity contribution in [2.45, 2.75) is 24.7 Å². The molecule has 1 aromatic rings. The Bertz CT molecular complexity index is 382. The normalized spacial score (nSPS) is 14.4. The molecule has 3 N–H and O–H groups in total. The number of hydrogen-bond acceptors (Lipinski definition) is 5. The maximum atomic E-state index is 10.7. The molecular weight excluding hydrogens is 196 g/mol. The van der Waals surface area contributed by atoms with Gasteiger partial charge in [-0.2, -0.15) is 0 Å². The molecule has 0 aliphatic heterocycles. The number of hydrogen-bond donors (Lipinski definition) is 2. The topological polar surface area (TPSA) is 111 Å². The van der Waals surface area contributed by atoms with Gasteiger partial charge in [0.25, 0.3) is 15.2 Å². The summed E-state index contributed by atoms with van der Waals surface area (Å²) in [5.74, 6) is 0. The van der Waals surface area contributed by atoms with Gasteiger partial charge in [0.1, 0.15) is 6.33 Å². The van der Waals surface area contributed by atoms with Crippen LogP contribution in [0.2, 0.25) is 0 Å². The molecule has 0 bridgehead atoms. The lowest BCUT2D eigenvalue weighted by molar-refractivity contribution is 0.168. The molecule has 13 heavy (non-hydrogen) atoms. The van der Waals surface area contributed by atoms with E-state index >= 15 is 0 Å². The van der Waals surface area contributed by atoms with Crippen LogP contribution >= 0.6 is 0 Å². The number of aromatic nitrogens is 3. The third kappa shape index (κ3) is 2.76. The van der Waals surface area contributed by atoms with Gasteiger partial charge in [-0.05, 0) is 6.92 Å². The summed E-state index contributed by atoms with van der Waals surface area (Å²) in [6, 6.07) is 0. The van der Waals surface area contributed by atoms with Gasteiger partial charge in [-0.1, -0.05) is 0 Å². The van der Waals surface area contributed by atoms with E-state index in [4.69, 9.17) is 10.2 Å². The van der Waals surface area contributed by atoms with E-state index in [-0.39, 0.29) is 6.54 Å². The third-order valence-corrected chi connectivity index (χ3v) is 1.92. The van der Waals surface area contributed by atoms with Gasteiger partial charge in [-0.15, -0.1) is 5.10 Å². The Morgan fingerprint density at radius 2 is 2.38 bits per heavy atom. The van der Waals surface area contributed by atoms with Crippen LogP contribution < -0.4 is 5.14 Å². The Morgan fingerprint density at radius 3 is 2.77 bits per heavy atom. The van der Waals surface area contributed by atoms with Crippen molar-refractivity contribution in [1.82, 2.24) is 14.8 Å². The lowest BCUT2D eigenvalue weighted by Gasteiger charge is -2.01. The minimum Gasteiger partial charge on any atom is -0.391 e. The van der Waals surface area contributed by atoms with Crippen LogP contribution in [0.15, 0.2) is 11.5 Å². The standard InChI is InChI=1S/C5H10N4O3S/c1-4(10)2-9-3-7-5(8-9)13(6,11)12/h3-4,10H,2H2,1H3,(H2,6,11,12)/t4-/m1/s1. The van der Waals surface area contributed by atoms with Gasteiger partial charge < -0.3 is 5.11 Å². The van der Waals surface area contributed by atoms with Crippen LogP contribution in [0.3, 0.4) is 0 Å². The fourth-order valence-corrected chi connectivity index (χ4v) is 1.18. The van der Waals surface area contributed by atoms with E-state index in [1.165, 1.54) is 11.0 Å². The molecule has 7 nitrogen and oxygen atoms in total. The highest BCUT2D eigenvalue weighted by Gasteiger charge is 2.13. The summed E-state index contributed by atoms with van der Waals surface area (Å²) in [6.07, 6.45) is 0.585. The predicted octanol–water partition coefficient (Wildman–Crippen LogP) is -1.69. The molecular formula is C5H10N4O3S. The van der Waals surface area contributed by atoms with E-state index in [0.717, 1.165) is 0 Å². The first-order chi connectivity index (χ1) is 5.89. The summed E-state index contributed by atoms with van der Waals surface area (Å²) < 4.78 is 22.6. The quantitative estimate of drug-likeness (QED) is 0.612. The van der Waals surface area contributed by atoms with Crippen LogP contribution in [0.25, 0.3) is 0 Å². The van der Waals surface area contributed by atoms with Gasteiger partial charge in [0.05, 0.1) is 12.6 Å². The maximum Gasteiger partial charge on any atom is 0.281 e. The monoisotopic (exact) mass is 206 g/mol. The Labute approximate surface area is 75.2 Å². The highest BCUT2D eigenvalue weighted by molar-refractivity contribution is 7.89. The largest absolute Gasteiger partial charge is 0.391 e. The second-order valence-electron chi connectivity index (χ2n) is 2.64. The Morgan fingerprint density at radius 1 is 1.77 bits per heavy atom. The SMILES string of the molecule is C[C@@H](O)Cn1cnc(S(N)(=O)=O)n1. The fourth-order valence-electron chi connectivity index (χ4n) is 0.767. The van der Waals surface area contributed by atoms with E-state index in [1.807, 2.05) is 0 Å². The number of primary sulfonamides is 1. The Kier molecular flexibility index (Phi) is 2.64. The number of aliphatic hydroxyl groups is 1. The molecule has 1 heterocycles. The van der Waals surface area contributed by atoms with E-state index in [9.17, 15) is 8.42 Å². The van der Waals surface area contributed by atoms with Crippen molar-refractivity contribution in [1.29, 1.82) is 0 Å². The molecule has 0 amide bonds. The fraction of sp³-hybridized carbons (Fsp3) is 0.600. The second-order valence-corrected chi connectivity index (χ2v) is 4.10. The Hall–Kier alpha value is -0.990. The van der Waals surface area contributed by atoms with Crippen LogP contribution in [0, 0.1) is 0 Å². The van der Waals surface area contributed by atoms with Crippen LogP contribution in [0.5, 0.6) is 0 Å². The van der Waals surface area contributed by atoms with E-state index in [0.29, 0.717) is 0 Å². The summed E-state index contributed by atoms with van der Waals surface area (Å²) >= 11 is 0. The number of rotatable bonds is 3. The molecule has 8 heteroatoms. The Balaban J connectivity index is 2.88. The molecule has 0 unspecified atom stereocenters. The average Bonchev–Trinajstić information content (AvgIpc) is 2.32. The van der Waals surface area contributed by atoms with Crippen molar-refractivity contribution in [3.63, 3.8) is 0 Å². The van der Waals surface area contributed by atoms with Gasteiger partial charge in [0.2, 0.25) is 0 Å². The maximum absolute atomic E-state index is 10.7. The molecule has 0 aliphatic carbocycles. The van der Waals surface area contributed by atoms with Gasteiger partial charge in [0, 0.05) is 0 Å². The highest BCUT2D eigenvalue weighted by Crippen LogP contribution is 1.97. The van der Waals surface area contributed by atoms with Gasteiger partial charge in [-0.3, -0.25) is 0 Å². The van der Waals surface area contributed by atoms with E-state index in [1.54, 1.807) is 6.92 Å². The molecule has 1 aromatic heterocycles. The summed E-state index contributed by atoms with van der Waals surface area (Å²) in [5, 5.41) is 16.8. The molecule has 0 saturated heterocycles. The van der Waals surface area contributed by atoms with Crippen LogP contribution in [0.4, 0.5) is 0 Å². The van der Waals surface area contributed by atoms with Crippen molar-refractivity contribution >= 4 is 10.0 Å². The molecule has 0 fully saturated rings. The summed E-state index contributed by atoms with van der Waals surface area (Å²) in [6.45, 7) is 1.74. The van der Waals surface area contributed by atoms with Crippen molar-refractivity contribution < 1.29 is 13.5 Å². The van der Waals surface area contributed by atoms with Crippen molar-refractivity contribution in [2.75, 3.05) is 0 Å². The molecule has 0 radical (unpaired) electrons. The first kappa shape index (κ1) is 10.1. The number of aliphatic hydroxyl groups excluding tert-OH is 1. The zero-order chi connectivity index (χ0) is 10.1. The van der Waals surface area contributed by atoms with Gasteiger partial charge in [0.15, 0.2) is 0 Å². The summed E-state index contributed by atoms with van der Waals surface area (Å²) in [5.41, 5.74) is 0. The number of nitrogens with zero attached hydrogens (tertiary/aromatic N) is 3. The zero-order valence-electron chi connectivity index (χ0n) is 6.95. The average molecular weight is 206 g/mol. The highest BCUT2D eigenvalue weighted by atomic mass is 32.2. The second kappa shape index (κ2) is 3.40. The van der Waals surface area contributed by atoms with Crippen LogP contribution in [-0.4, -0.2) is 34.4 Å². The molecule has 0 aromatic carbocycles. The van der Waals surface area contributed by atoms with Gasteiger partial charge >= 0.3 is 0 Å². The van der Waals surface area contributed by atoms with Gasteiger partial charge in [-0.25, -0.2) is 23.2 Å². The first-order valence-electron chi connectivity index (χ1n) is 3.50. The third-order valence-electron chi connectivity index (χ3n) is 1.22. The molecule has 1 atom stereocenters. The molecule has 0 spiro atoms. The minimum absolute atomic E-state index is 0.183. The number of sulfonamides is 1. The predicted molar refractivity (Wildman–Crippen MR) is 43.1 cm³/mol. The summed E-state index contributed by atoms with van der Waals surface area (Å²) in [7, 11) is -3.84. The smallest absolute Gasteiger partial charge is 0.281 e. The van der Waals surface area contributed by atoms with E-state index < -0.39 is 21.3 Å². The molecule has 74 valence electrons. The lowest BCUT2D eigenvalue weighted by Crippen LogP contribution is -2.16. The lowest BCUT2D eigenvalue weighted by atomic mass is 10.4. The van der Waals surface area contributed by atoms with Crippen molar-refractivity contribution in [2.24, 2.45) is 5.14 Å². The first-order valence-corrected chi connectivity index (χ1v) is 5.04. The van der Waals surface area contributed by atoms with E-state index in [2.05, 4.69) is 10.1 Å². The zero-order valence-corrected chi connectivity index (χ0v) is 7.77. The van der Waals surface area contributed by atoms with Crippen molar-refractivity contribution in [3.05, 3.63) is 6.33 Å². The summed E-state index contributed by atoms with van der Waals surface area (Å²) in [4.78, 5) is 3.47. The molecule has 1 rings (SSSR count).